The largest absolute Gasteiger partial charge is 0.504 e. The van der Waals surface area contributed by atoms with Gasteiger partial charge < -0.3 is 14.6 Å². The fourth-order valence-electron chi connectivity index (χ4n) is 2.70. The number of ether oxygens (including phenoxy) is 2. The van der Waals surface area contributed by atoms with Crippen molar-refractivity contribution in [2.75, 3.05) is 14.2 Å². The van der Waals surface area contributed by atoms with Gasteiger partial charge in [0.05, 0.1) is 19.2 Å². The third kappa shape index (κ3) is 5.39. The summed E-state index contributed by atoms with van der Waals surface area (Å²) in [6.07, 6.45) is 5.03. The lowest BCUT2D eigenvalue weighted by Crippen LogP contribution is -1.96. The minimum Gasteiger partial charge on any atom is -0.504 e. The maximum Gasteiger partial charge on any atom is 0.185 e. The zero-order valence-electron chi connectivity index (χ0n) is 16.2. The van der Waals surface area contributed by atoms with Crippen LogP contribution in [0.5, 0.6) is 17.2 Å². The van der Waals surface area contributed by atoms with Gasteiger partial charge in [-0.1, -0.05) is 18.2 Å². The number of benzene rings is 2. The smallest absolute Gasteiger partial charge is 0.185 e. The normalized spacial score (nSPS) is 10.8. The van der Waals surface area contributed by atoms with E-state index in [1.165, 1.54) is 25.3 Å². The predicted octanol–water partition coefficient (Wildman–Crippen LogP) is 4.99. The lowest BCUT2D eigenvalue weighted by atomic mass is 10.1. The van der Waals surface area contributed by atoms with Crippen molar-refractivity contribution in [1.82, 2.24) is 4.98 Å². The van der Waals surface area contributed by atoms with Gasteiger partial charge in [-0.05, 0) is 54.1 Å². The van der Waals surface area contributed by atoms with Crippen LogP contribution in [0.2, 0.25) is 0 Å². The van der Waals surface area contributed by atoms with E-state index in [1.807, 2.05) is 36.4 Å². The molecule has 3 rings (SSSR count). The monoisotopic (exact) mass is 407 g/mol. The summed E-state index contributed by atoms with van der Waals surface area (Å²) in [4.78, 5) is 16.8. The Morgan fingerprint density at radius 1 is 1.07 bits per heavy atom. The van der Waals surface area contributed by atoms with Crippen LogP contribution in [0.25, 0.3) is 6.08 Å². The molecule has 0 unspecified atom stereocenters. The Morgan fingerprint density at radius 3 is 2.62 bits per heavy atom. The van der Waals surface area contributed by atoms with E-state index in [0.29, 0.717) is 11.3 Å². The second-order valence-corrected chi connectivity index (χ2v) is 7.11. The molecule has 1 aromatic heterocycles. The highest BCUT2D eigenvalue weighted by molar-refractivity contribution is 7.98. The molecule has 2 aromatic carbocycles. The summed E-state index contributed by atoms with van der Waals surface area (Å²) in [7, 11) is 3.09. The molecule has 3 aromatic rings. The molecule has 0 atom stereocenters. The van der Waals surface area contributed by atoms with E-state index >= 15 is 0 Å². The minimum absolute atomic E-state index is 0.00164. The average Bonchev–Trinajstić information content (AvgIpc) is 2.77. The number of rotatable bonds is 8. The fourth-order valence-corrected chi connectivity index (χ4v) is 3.54. The predicted molar refractivity (Wildman–Crippen MR) is 115 cm³/mol. The molecule has 29 heavy (non-hydrogen) atoms. The number of hydrogen-bond donors (Lipinski definition) is 1. The fraction of sp³-hybridized carbons (Fsp3) is 0.130. The Bertz CT molecular complexity index is 1020. The van der Waals surface area contributed by atoms with E-state index < -0.39 is 0 Å². The Balaban J connectivity index is 1.75. The second kappa shape index (κ2) is 9.80. The van der Waals surface area contributed by atoms with Gasteiger partial charge in [0.25, 0.3) is 0 Å². The van der Waals surface area contributed by atoms with Gasteiger partial charge in [-0.25, -0.2) is 4.98 Å². The van der Waals surface area contributed by atoms with Gasteiger partial charge >= 0.3 is 0 Å². The number of methoxy groups -OCH3 is 2. The highest BCUT2D eigenvalue weighted by Crippen LogP contribution is 2.29. The molecule has 6 heteroatoms. The Kier molecular flexibility index (Phi) is 6.92. The molecule has 5 nitrogen and oxygen atoms in total. The van der Waals surface area contributed by atoms with E-state index in [0.717, 1.165) is 21.9 Å². The minimum atomic E-state index is -0.177. The average molecular weight is 407 g/mol. The SMILES string of the molecule is COc1cc(C(=O)/C=C/c2ccc(OC)c(CSc3ccccn3)c2)ccc1O. The summed E-state index contributed by atoms with van der Waals surface area (Å²) in [5.74, 6) is 1.58. The number of nitrogens with zero attached hydrogens (tertiary/aromatic N) is 1. The maximum absolute atomic E-state index is 12.5. The van der Waals surface area contributed by atoms with Crippen molar-refractivity contribution in [1.29, 1.82) is 0 Å². The van der Waals surface area contributed by atoms with Crippen LogP contribution >= 0.6 is 11.8 Å². The number of hydrogen-bond acceptors (Lipinski definition) is 6. The van der Waals surface area contributed by atoms with E-state index in [2.05, 4.69) is 4.98 Å². The molecule has 0 saturated heterocycles. The van der Waals surface area contributed by atoms with E-state index in [-0.39, 0.29) is 17.3 Å². The molecule has 0 saturated carbocycles. The molecule has 0 fully saturated rings. The second-order valence-electron chi connectivity index (χ2n) is 6.11. The zero-order chi connectivity index (χ0) is 20.6. The van der Waals surface area contributed by atoms with Crippen LogP contribution in [0, 0.1) is 0 Å². The molecule has 0 aliphatic carbocycles. The standard InChI is InChI=1S/C23H21NO4S/c1-27-21-11-7-16(13-18(21)15-29-23-5-3-4-12-24-23)6-9-19(25)17-8-10-20(26)22(14-17)28-2/h3-14,26H,15H2,1-2H3/b9-6+. The number of allylic oxidation sites excluding steroid dienone is 1. The van der Waals surface area contributed by atoms with Crippen LogP contribution in [-0.2, 0) is 5.75 Å². The van der Waals surface area contributed by atoms with Gasteiger partial charge in [0.1, 0.15) is 5.75 Å². The number of phenolic OH excluding ortho intramolecular Hbond substituents is 1. The van der Waals surface area contributed by atoms with Crippen LogP contribution in [0.1, 0.15) is 21.5 Å². The summed E-state index contributed by atoms with van der Waals surface area (Å²) < 4.78 is 10.5. The number of aromatic hydroxyl groups is 1. The number of carbonyl (C=O) groups excluding carboxylic acids is 1. The first-order valence-electron chi connectivity index (χ1n) is 8.91. The number of aromatic nitrogens is 1. The lowest BCUT2D eigenvalue weighted by Gasteiger charge is -2.09. The molecule has 0 bridgehead atoms. The van der Waals surface area contributed by atoms with Crippen molar-refractivity contribution in [3.8, 4) is 17.2 Å². The summed E-state index contributed by atoms with van der Waals surface area (Å²) >= 11 is 1.62. The van der Waals surface area contributed by atoms with E-state index in [9.17, 15) is 9.90 Å². The van der Waals surface area contributed by atoms with Crippen molar-refractivity contribution >= 4 is 23.6 Å². The van der Waals surface area contributed by atoms with Gasteiger partial charge in [-0.2, -0.15) is 0 Å². The molecule has 0 aliphatic heterocycles. The van der Waals surface area contributed by atoms with Crippen molar-refractivity contribution < 1.29 is 19.4 Å². The van der Waals surface area contributed by atoms with E-state index in [4.69, 9.17) is 9.47 Å². The highest BCUT2D eigenvalue weighted by atomic mass is 32.2. The molecule has 1 heterocycles. The number of ketones is 1. The maximum atomic E-state index is 12.5. The summed E-state index contributed by atoms with van der Waals surface area (Å²) in [6.45, 7) is 0. The van der Waals surface area contributed by atoms with Crippen molar-refractivity contribution in [2.45, 2.75) is 10.8 Å². The summed E-state index contributed by atoms with van der Waals surface area (Å²) in [5.41, 5.74) is 2.35. The summed E-state index contributed by atoms with van der Waals surface area (Å²) in [6, 6.07) is 16.1. The van der Waals surface area contributed by atoms with Gasteiger partial charge in [-0.15, -0.1) is 11.8 Å². The molecule has 0 amide bonds. The first-order valence-corrected chi connectivity index (χ1v) is 9.89. The van der Waals surface area contributed by atoms with Crippen LogP contribution in [0.4, 0.5) is 0 Å². The number of phenols is 1. The van der Waals surface area contributed by atoms with E-state index in [1.54, 1.807) is 37.2 Å². The van der Waals surface area contributed by atoms with Crippen molar-refractivity contribution in [2.24, 2.45) is 0 Å². The summed E-state index contributed by atoms with van der Waals surface area (Å²) in [5, 5.41) is 10.6. The van der Waals surface area contributed by atoms with Gasteiger partial charge in [0.15, 0.2) is 17.3 Å². The molecule has 0 spiro atoms. The third-order valence-corrected chi connectivity index (χ3v) is 5.20. The first-order chi connectivity index (χ1) is 14.1. The van der Waals surface area contributed by atoms with Gasteiger partial charge in [0, 0.05) is 23.1 Å². The van der Waals surface area contributed by atoms with Crippen LogP contribution in [-0.4, -0.2) is 30.1 Å². The Hall–Kier alpha value is -3.25. The van der Waals surface area contributed by atoms with Crippen LogP contribution < -0.4 is 9.47 Å². The first kappa shape index (κ1) is 20.5. The number of pyridine rings is 1. The van der Waals surface area contributed by atoms with Crippen molar-refractivity contribution in [3.63, 3.8) is 0 Å². The van der Waals surface area contributed by atoms with Gasteiger partial charge in [-0.3, -0.25) is 4.79 Å². The molecule has 1 N–H and O–H groups in total. The van der Waals surface area contributed by atoms with Crippen LogP contribution in [0.3, 0.4) is 0 Å². The topological polar surface area (TPSA) is 68.7 Å². The quantitative estimate of drug-likeness (QED) is 0.322. The Labute approximate surface area is 174 Å². The molecule has 148 valence electrons. The number of carbonyl (C=O) groups is 1. The van der Waals surface area contributed by atoms with Crippen LogP contribution in [0.15, 0.2) is 71.9 Å². The lowest BCUT2D eigenvalue weighted by molar-refractivity contribution is 0.104. The molecular formula is C23H21NO4S. The molecule has 0 radical (unpaired) electrons. The van der Waals surface area contributed by atoms with Gasteiger partial charge in [0.2, 0.25) is 0 Å². The third-order valence-electron chi connectivity index (χ3n) is 4.21. The molecule has 0 aliphatic rings. The number of thioether (sulfide) groups is 1. The Morgan fingerprint density at radius 2 is 1.90 bits per heavy atom. The zero-order valence-corrected chi connectivity index (χ0v) is 17.0. The highest BCUT2D eigenvalue weighted by Gasteiger charge is 2.08. The molecular weight excluding hydrogens is 386 g/mol. The van der Waals surface area contributed by atoms with Crippen molar-refractivity contribution in [3.05, 3.63) is 83.6 Å².